The predicted molar refractivity (Wildman–Crippen MR) is 109 cm³/mol. The summed E-state index contributed by atoms with van der Waals surface area (Å²) in [6, 6.07) is 21.7. The van der Waals surface area contributed by atoms with E-state index >= 15 is 0 Å². The first-order valence-corrected chi connectivity index (χ1v) is 8.92. The highest BCUT2D eigenvalue weighted by atomic mass is 16.3. The van der Waals surface area contributed by atoms with E-state index in [4.69, 9.17) is 15.7 Å². The zero-order valence-electron chi connectivity index (χ0n) is 15.1. The van der Waals surface area contributed by atoms with Crippen molar-refractivity contribution in [2.45, 2.75) is 6.54 Å². The largest absolute Gasteiger partial charge is 0.388 e. The van der Waals surface area contributed by atoms with Gasteiger partial charge >= 0.3 is 0 Å². The normalized spacial score (nSPS) is 12.4. The van der Waals surface area contributed by atoms with Gasteiger partial charge in [0.25, 0.3) is 0 Å². The van der Waals surface area contributed by atoms with Crippen molar-refractivity contribution in [1.82, 2.24) is 9.88 Å². The third-order valence-electron chi connectivity index (χ3n) is 4.76. The number of hydrogen-bond acceptors (Lipinski definition) is 4. The summed E-state index contributed by atoms with van der Waals surface area (Å²) in [6.07, 6.45) is 3.64. The molecule has 0 saturated carbocycles. The maximum atomic E-state index is 9.26. The number of pyridine rings is 1. The lowest BCUT2D eigenvalue weighted by atomic mass is 9.95. The molecule has 0 saturated heterocycles. The highest BCUT2D eigenvalue weighted by Gasteiger charge is 2.19. The number of benzene rings is 2. The number of hydrogen-bond donors (Lipinski definition) is 2. The van der Waals surface area contributed by atoms with Gasteiger partial charge in [0, 0.05) is 17.3 Å². The fourth-order valence-electron chi connectivity index (χ4n) is 3.27. The lowest BCUT2D eigenvalue weighted by molar-refractivity contribution is 0.335. The second-order valence-electron chi connectivity index (χ2n) is 6.53. The molecule has 1 aliphatic rings. The predicted octanol–water partition coefficient (Wildman–Crippen LogP) is 4.04. The van der Waals surface area contributed by atoms with Gasteiger partial charge in [-0.1, -0.05) is 42.5 Å². The van der Waals surface area contributed by atoms with Crippen molar-refractivity contribution < 1.29 is 5.11 Å². The maximum Gasteiger partial charge on any atom is 0.126 e. The van der Waals surface area contributed by atoms with Crippen molar-refractivity contribution in [3.8, 4) is 28.5 Å². The Bertz CT molecular complexity index is 1100. The van der Waals surface area contributed by atoms with Gasteiger partial charge in [0.2, 0.25) is 0 Å². The molecule has 1 aliphatic heterocycles. The van der Waals surface area contributed by atoms with E-state index in [2.05, 4.69) is 12.1 Å². The smallest absolute Gasteiger partial charge is 0.126 e. The molecule has 2 heterocycles. The van der Waals surface area contributed by atoms with Crippen LogP contribution in [0.5, 0.6) is 0 Å². The van der Waals surface area contributed by atoms with Crippen LogP contribution in [-0.2, 0) is 6.54 Å². The molecule has 2 aromatic carbocycles. The van der Waals surface area contributed by atoms with Crippen LogP contribution in [-0.4, -0.2) is 27.4 Å². The van der Waals surface area contributed by atoms with E-state index in [1.165, 1.54) is 0 Å². The van der Waals surface area contributed by atoms with Crippen LogP contribution < -0.4 is 0 Å². The Morgan fingerprint density at radius 2 is 1.86 bits per heavy atom. The van der Waals surface area contributed by atoms with E-state index in [-0.39, 0.29) is 12.4 Å². The highest BCUT2D eigenvalue weighted by Crippen LogP contribution is 2.34. The molecule has 0 amide bonds. The summed E-state index contributed by atoms with van der Waals surface area (Å²) >= 11 is 0. The quantitative estimate of drug-likeness (QED) is 0.541. The van der Waals surface area contributed by atoms with Gasteiger partial charge in [0.1, 0.15) is 12.4 Å². The van der Waals surface area contributed by atoms with Gasteiger partial charge in [-0.3, -0.25) is 5.41 Å². The molecule has 0 spiro atoms. The number of nitrogens with one attached hydrogen (secondary N) is 1. The maximum absolute atomic E-state index is 9.26. The minimum Gasteiger partial charge on any atom is -0.388 e. The fraction of sp³-hybridized carbons (Fsp3) is 0.0870. The number of rotatable bonds is 3. The minimum absolute atomic E-state index is 0.152. The second kappa shape index (κ2) is 7.47. The Labute approximate surface area is 163 Å². The van der Waals surface area contributed by atoms with Gasteiger partial charge in [-0.25, -0.2) is 4.98 Å². The topological polar surface area (TPSA) is 84.0 Å². The fourth-order valence-corrected chi connectivity index (χ4v) is 3.27. The van der Waals surface area contributed by atoms with E-state index in [1.54, 1.807) is 23.2 Å². The van der Waals surface area contributed by atoms with E-state index in [1.807, 2.05) is 48.5 Å². The van der Waals surface area contributed by atoms with Crippen LogP contribution in [0.15, 0.2) is 66.9 Å². The van der Waals surface area contributed by atoms with Crippen molar-refractivity contribution in [2.24, 2.45) is 0 Å². The Morgan fingerprint density at radius 3 is 2.54 bits per heavy atom. The Hall–Kier alpha value is -3.75. The summed E-state index contributed by atoms with van der Waals surface area (Å²) in [5, 5.41) is 26.2. The van der Waals surface area contributed by atoms with E-state index < -0.39 is 0 Å². The molecule has 136 valence electrons. The lowest BCUT2D eigenvalue weighted by Crippen LogP contribution is -2.29. The Balaban J connectivity index is 1.86. The number of aromatic nitrogens is 1. The molecule has 1 aromatic heterocycles. The van der Waals surface area contributed by atoms with Gasteiger partial charge in [0.05, 0.1) is 29.6 Å². The number of nitrogens with zero attached hydrogens (tertiary/aromatic N) is 3. The second-order valence-corrected chi connectivity index (χ2v) is 6.53. The van der Waals surface area contributed by atoms with E-state index in [0.717, 1.165) is 33.6 Å². The number of fused-ring (bicyclic) bond motifs is 1. The first-order chi connectivity index (χ1) is 13.7. The summed E-state index contributed by atoms with van der Waals surface area (Å²) in [5.74, 6) is 0.152. The van der Waals surface area contributed by atoms with Crippen molar-refractivity contribution in [3.63, 3.8) is 0 Å². The summed E-state index contributed by atoms with van der Waals surface area (Å²) in [4.78, 5) is 6.61. The monoisotopic (exact) mass is 366 g/mol. The minimum atomic E-state index is -0.304. The lowest BCUT2D eigenvalue weighted by Gasteiger charge is -2.25. The number of aliphatic hydroxyl groups excluding tert-OH is 1. The van der Waals surface area contributed by atoms with Gasteiger partial charge < -0.3 is 10.0 Å². The molecule has 2 N–H and O–H groups in total. The third kappa shape index (κ3) is 3.29. The molecule has 0 aliphatic carbocycles. The van der Waals surface area contributed by atoms with E-state index in [9.17, 15) is 5.11 Å². The Kier molecular flexibility index (Phi) is 4.71. The van der Waals surface area contributed by atoms with Gasteiger partial charge in [-0.05, 0) is 35.4 Å². The summed E-state index contributed by atoms with van der Waals surface area (Å²) in [7, 11) is 0. The van der Waals surface area contributed by atoms with Crippen LogP contribution in [0.3, 0.4) is 0 Å². The summed E-state index contributed by atoms with van der Waals surface area (Å²) in [5.41, 5.74) is 6.30. The molecule has 0 unspecified atom stereocenters. The zero-order chi connectivity index (χ0) is 19.5. The molecule has 28 heavy (non-hydrogen) atoms. The van der Waals surface area contributed by atoms with Crippen LogP contribution in [0.4, 0.5) is 0 Å². The summed E-state index contributed by atoms with van der Waals surface area (Å²) in [6.45, 7) is 0.188. The van der Waals surface area contributed by atoms with Gasteiger partial charge in [-0.15, -0.1) is 0 Å². The van der Waals surface area contributed by atoms with Crippen LogP contribution in [0.1, 0.15) is 16.8 Å². The number of aliphatic hydroxyl groups is 1. The number of amidine groups is 1. The molecule has 4 rings (SSSR count). The van der Waals surface area contributed by atoms with Crippen LogP contribution in [0.25, 0.3) is 28.5 Å². The van der Waals surface area contributed by atoms with Crippen molar-refractivity contribution in [3.05, 3.63) is 83.7 Å². The van der Waals surface area contributed by atoms with Crippen molar-refractivity contribution in [2.75, 3.05) is 6.61 Å². The summed E-state index contributed by atoms with van der Waals surface area (Å²) < 4.78 is 0. The van der Waals surface area contributed by atoms with Crippen molar-refractivity contribution in [1.29, 1.82) is 10.7 Å². The van der Waals surface area contributed by atoms with Crippen LogP contribution >= 0.6 is 0 Å². The SMILES string of the molecule is N#Cc1ccc(-c2nc3c(cc2-c2ccccc2)CN(C(=N)CO)C=C3)cc1. The average molecular weight is 366 g/mol. The van der Waals surface area contributed by atoms with Crippen LogP contribution in [0, 0.1) is 16.7 Å². The molecule has 0 radical (unpaired) electrons. The first kappa shape index (κ1) is 17.7. The molecular formula is C23H18N4O. The number of nitriles is 1. The molecule has 0 fully saturated rings. The van der Waals surface area contributed by atoms with Gasteiger partial charge in [-0.2, -0.15) is 5.26 Å². The van der Waals surface area contributed by atoms with Crippen LogP contribution in [0.2, 0.25) is 0 Å². The highest BCUT2D eigenvalue weighted by molar-refractivity contribution is 5.85. The molecule has 5 nitrogen and oxygen atoms in total. The standard InChI is InChI=1S/C23H18N4O/c24-13-16-6-8-18(9-7-16)23-20(17-4-2-1-3-5-17)12-19-14-27(22(25)15-28)11-10-21(19)26-23/h1-12,25,28H,14-15H2. The Morgan fingerprint density at radius 1 is 1.11 bits per heavy atom. The average Bonchev–Trinajstić information content (AvgIpc) is 2.78. The van der Waals surface area contributed by atoms with Gasteiger partial charge in [0.15, 0.2) is 0 Å². The molecule has 3 aromatic rings. The van der Waals surface area contributed by atoms with E-state index in [0.29, 0.717) is 12.1 Å². The molecular weight excluding hydrogens is 348 g/mol. The molecule has 5 heteroatoms. The van der Waals surface area contributed by atoms with Crippen molar-refractivity contribution >= 4 is 11.9 Å². The molecule has 0 bridgehead atoms. The first-order valence-electron chi connectivity index (χ1n) is 8.92. The molecule has 0 atom stereocenters. The zero-order valence-corrected chi connectivity index (χ0v) is 15.1. The third-order valence-corrected chi connectivity index (χ3v) is 4.76.